The third kappa shape index (κ3) is 6.62. The van der Waals surface area contributed by atoms with Crippen LogP contribution in [-0.2, 0) is 30.4 Å². The fourth-order valence-electron chi connectivity index (χ4n) is 4.46. The number of aliphatic hydroxyl groups excluding tert-OH is 1. The first-order chi connectivity index (χ1) is 17.5. The highest BCUT2D eigenvalue weighted by atomic mass is 16.4. The molecule has 0 aliphatic carbocycles. The molecule has 1 fully saturated rings. The SMILES string of the molecule is CC(O)C(NC(=O)C1CCCN1C(=O)C(N)CC(N)=O)C(=O)NC(Cc1c[nH]c2ccccc12)C(=O)O. The van der Waals surface area contributed by atoms with Crippen molar-refractivity contribution < 1.29 is 34.2 Å². The summed E-state index contributed by atoms with van der Waals surface area (Å²) in [6, 6.07) is 2.32. The van der Waals surface area contributed by atoms with Crippen LogP contribution in [0.3, 0.4) is 0 Å². The Kier molecular flexibility index (Phi) is 8.84. The van der Waals surface area contributed by atoms with Crippen LogP contribution in [0.15, 0.2) is 30.5 Å². The van der Waals surface area contributed by atoms with Crippen molar-refractivity contribution in [2.75, 3.05) is 6.54 Å². The summed E-state index contributed by atoms with van der Waals surface area (Å²) in [4.78, 5) is 65.9. The molecule has 0 spiro atoms. The smallest absolute Gasteiger partial charge is 0.326 e. The summed E-state index contributed by atoms with van der Waals surface area (Å²) in [5.41, 5.74) is 12.3. The van der Waals surface area contributed by atoms with Crippen LogP contribution >= 0.6 is 0 Å². The van der Waals surface area contributed by atoms with E-state index in [1.54, 1.807) is 6.20 Å². The number of amides is 4. The molecule has 0 saturated carbocycles. The van der Waals surface area contributed by atoms with Gasteiger partial charge >= 0.3 is 5.97 Å². The molecule has 13 heteroatoms. The number of H-pyrrole nitrogens is 1. The summed E-state index contributed by atoms with van der Waals surface area (Å²) in [6.45, 7) is 1.50. The van der Waals surface area contributed by atoms with Gasteiger partial charge in [-0.2, -0.15) is 0 Å². The van der Waals surface area contributed by atoms with Gasteiger partial charge in [-0.05, 0) is 31.4 Å². The van der Waals surface area contributed by atoms with Gasteiger partial charge in [-0.1, -0.05) is 18.2 Å². The molecular weight excluding hydrogens is 484 g/mol. The van der Waals surface area contributed by atoms with Gasteiger partial charge in [-0.15, -0.1) is 0 Å². The van der Waals surface area contributed by atoms with E-state index in [-0.39, 0.29) is 25.8 Å². The van der Waals surface area contributed by atoms with Crippen molar-refractivity contribution in [3.63, 3.8) is 0 Å². The van der Waals surface area contributed by atoms with Gasteiger partial charge in [0.25, 0.3) is 0 Å². The lowest BCUT2D eigenvalue weighted by molar-refractivity contribution is -0.144. The quantitative estimate of drug-likeness (QED) is 0.183. The molecule has 3 rings (SSSR count). The lowest BCUT2D eigenvalue weighted by Crippen LogP contribution is -2.59. The van der Waals surface area contributed by atoms with Crippen LogP contribution < -0.4 is 22.1 Å². The van der Waals surface area contributed by atoms with Crippen LogP contribution in [0.4, 0.5) is 0 Å². The van der Waals surface area contributed by atoms with Crippen LogP contribution in [-0.4, -0.2) is 86.5 Å². The Morgan fingerprint density at radius 1 is 1.19 bits per heavy atom. The maximum atomic E-state index is 13.0. The lowest BCUT2D eigenvalue weighted by Gasteiger charge is -2.29. The standard InChI is InChI=1S/C24H32N6O7/c1-12(31)20(29-21(33)18-7-4-8-30(18)23(35)15(25)10-19(26)32)22(34)28-17(24(36)37)9-13-11-27-16-6-3-2-5-14(13)16/h2-3,5-6,11-12,15,17-18,20,27,31H,4,7-10,25H2,1H3,(H2,26,32)(H,28,34)(H,29,33)(H,36,37). The van der Waals surface area contributed by atoms with Crippen LogP contribution in [0, 0.1) is 0 Å². The van der Waals surface area contributed by atoms with Gasteiger partial charge in [0.05, 0.1) is 18.6 Å². The van der Waals surface area contributed by atoms with Gasteiger partial charge in [0.1, 0.15) is 18.1 Å². The Balaban J connectivity index is 1.69. The van der Waals surface area contributed by atoms with E-state index in [1.165, 1.54) is 11.8 Å². The number of aliphatic carboxylic acids is 1. The van der Waals surface area contributed by atoms with Gasteiger partial charge in [0, 0.05) is 30.1 Å². The van der Waals surface area contributed by atoms with E-state index in [9.17, 15) is 34.2 Å². The Morgan fingerprint density at radius 2 is 1.89 bits per heavy atom. The van der Waals surface area contributed by atoms with Gasteiger partial charge in [-0.25, -0.2) is 4.79 Å². The maximum absolute atomic E-state index is 13.0. The van der Waals surface area contributed by atoms with Crippen molar-refractivity contribution in [1.29, 1.82) is 0 Å². The first kappa shape index (κ1) is 27.6. The topological polar surface area (TPSA) is 221 Å². The number of aromatic nitrogens is 1. The summed E-state index contributed by atoms with van der Waals surface area (Å²) in [6.07, 6.45) is 0.658. The van der Waals surface area contributed by atoms with E-state index in [4.69, 9.17) is 11.5 Å². The van der Waals surface area contributed by atoms with E-state index in [1.807, 2.05) is 24.3 Å². The number of carbonyl (C=O) groups is 5. The van der Waals surface area contributed by atoms with Gasteiger partial charge < -0.3 is 42.2 Å². The summed E-state index contributed by atoms with van der Waals surface area (Å²) < 4.78 is 0. The van der Waals surface area contributed by atoms with E-state index < -0.39 is 59.9 Å². The zero-order chi connectivity index (χ0) is 27.3. The number of para-hydroxylation sites is 1. The number of likely N-dealkylation sites (tertiary alicyclic amines) is 1. The van der Waals surface area contributed by atoms with Crippen molar-refractivity contribution >= 4 is 40.5 Å². The van der Waals surface area contributed by atoms with Gasteiger partial charge in [0.2, 0.25) is 23.6 Å². The van der Waals surface area contributed by atoms with E-state index in [0.29, 0.717) is 12.0 Å². The number of primary amides is 1. The third-order valence-electron chi connectivity index (χ3n) is 6.35. The molecule has 1 aliphatic rings. The predicted molar refractivity (Wildman–Crippen MR) is 132 cm³/mol. The van der Waals surface area contributed by atoms with Crippen molar-refractivity contribution in [2.24, 2.45) is 11.5 Å². The number of aliphatic hydroxyl groups is 1. The number of rotatable bonds is 11. The average Bonchev–Trinajstić information content (AvgIpc) is 3.48. The number of hydrogen-bond donors (Lipinski definition) is 7. The number of hydrogen-bond acceptors (Lipinski definition) is 7. The van der Waals surface area contributed by atoms with Crippen molar-refractivity contribution in [2.45, 2.75) is 62.9 Å². The van der Waals surface area contributed by atoms with Crippen LogP contribution in [0.2, 0.25) is 0 Å². The average molecular weight is 517 g/mol. The van der Waals surface area contributed by atoms with Gasteiger partial charge in [0.15, 0.2) is 0 Å². The third-order valence-corrected chi connectivity index (χ3v) is 6.35. The predicted octanol–water partition coefficient (Wildman–Crippen LogP) is -1.66. The molecule has 4 amide bonds. The zero-order valence-electron chi connectivity index (χ0n) is 20.3. The molecule has 2 aromatic rings. The number of aromatic amines is 1. The van der Waals surface area contributed by atoms with Gasteiger partial charge in [-0.3, -0.25) is 19.2 Å². The fraction of sp³-hybridized carbons (Fsp3) is 0.458. The number of fused-ring (bicyclic) bond motifs is 1. The molecule has 9 N–H and O–H groups in total. The number of carboxylic acid groups (broad SMARTS) is 1. The molecule has 5 atom stereocenters. The highest BCUT2D eigenvalue weighted by Crippen LogP contribution is 2.20. The normalized spacial score (nSPS) is 18.6. The molecule has 37 heavy (non-hydrogen) atoms. The van der Waals surface area contributed by atoms with Crippen molar-refractivity contribution in [1.82, 2.24) is 20.5 Å². The highest BCUT2D eigenvalue weighted by Gasteiger charge is 2.39. The van der Waals surface area contributed by atoms with E-state index in [2.05, 4.69) is 15.6 Å². The minimum absolute atomic E-state index is 0.0335. The summed E-state index contributed by atoms with van der Waals surface area (Å²) >= 11 is 0. The Hall–Kier alpha value is -3.97. The summed E-state index contributed by atoms with van der Waals surface area (Å²) in [7, 11) is 0. The lowest BCUT2D eigenvalue weighted by atomic mass is 10.0. The van der Waals surface area contributed by atoms with Crippen molar-refractivity contribution in [3.05, 3.63) is 36.0 Å². The highest BCUT2D eigenvalue weighted by molar-refractivity contribution is 5.95. The first-order valence-corrected chi connectivity index (χ1v) is 11.9. The molecule has 200 valence electrons. The first-order valence-electron chi connectivity index (χ1n) is 11.9. The molecule has 5 unspecified atom stereocenters. The fourth-order valence-corrected chi connectivity index (χ4v) is 4.46. The van der Waals surface area contributed by atoms with Crippen LogP contribution in [0.25, 0.3) is 10.9 Å². The Morgan fingerprint density at radius 3 is 2.54 bits per heavy atom. The number of carboxylic acids is 1. The molecule has 0 radical (unpaired) electrons. The maximum Gasteiger partial charge on any atom is 0.326 e. The minimum atomic E-state index is -1.48. The Labute approximate surface area is 212 Å². The summed E-state index contributed by atoms with van der Waals surface area (Å²) in [5.74, 6) is -4.27. The van der Waals surface area contributed by atoms with Crippen LogP contribution in [0.1, 0.15) is 31.7 Å². The van der Waals surface area contributed by atoms with E-state index in [0.717, 1.165) is 10.9 Å². The molecule has 1 aromatic heterocycles. The molecule has 1 aliphatic heterocycles. The number of carbonyl (C=O) groups excluding carboxylic acids is 4. The molecular formula is C24H32N6O7. The number of nitrogens with one attached hydrogen (secondary N) is 3. The molecule has 1 saturated heterocycles. The Bertz CT molecular complexity index is 1180. The minimum Gasteiger partial charge on any atom is -0.480 e. The molecule has 13 nitrogen and oxygen atoms in total. The van der Waals surface area contributed by atoms with Crippen molar-refractivity contribution in [3.8, 4) is 0 Å². The zero-order valence-corrected chi connectivity index (χ0v) is 20.3. The molecule has 0 bridgehead atoms. The summed E-state index contributed by atoms with van der Waals surface area (Å²) in [5, 5.41) is 25.6. The second kappa shape index (κ2) is 11.8. The number of benzene rings is 1. The molecule has 2 heterocycles. The second-order valence-electron chi connectivity index (χ2n) is 9.16. The second-order valence-corrected chi connectivity index (χ2v) is 9.16. The largest absolute Gasteiger partial charge is 0.480 e. The molecule has 1 aromatic carbocycles. The monoisotopic (exact) mass is 516 g/mol. The number of nitrogens with zero attached hydrogens (tertiary/aromatic N) is 1. The van der Waals surface area contributed by atoms with E-state index >= 15 is 0 Å². The number of nitrogens with two attached hydrogens (primary N) is 2. The van der Waals surface area contributed by atoms with Crippen LogP contribution in [0.5, 0.6) is 0 Å².